The molecule has 1 spiro atoms. The van der Waals surface area contributed by atoms with E-state index in [2.05, 4.69) is 20.2 Å². The molecule has 5 rings (SSSR count). The van der Waals surface area contributed by atoms with Crippen LogP contribution in [0.3, 0.4) is 0 Å². The second-order valence-electron chi connectivity index (χ2n) is 8.48. The summed E-state index contributed by atoms with van der Waals surface area (Å²) in [5, 5.41) is 3.63. The SMILES string of the molecule is Nc1nc(N2CCC3(CC2)CC(=O)C[C@@H]3N)cnc1Sc1ccc2c(c1Cl)NC(=O)CO2. The van der Waals surface area contributed by atoms with Gasteiger partial charge in [-0.15, -0.1) is 0 Å². The van der Waals surface area contributed by atoms with Crippen molar-refractivity contribution in [2.75, 3.05) is 35.6 Å². The molecule has 32 heavy (non-hydrogen) atoms. The average Bonchev–Trinajstić information content (AvgIpc) is 3.04. The van der Waals surface area contributed by atoms with E-state index < -0.39 is 0 Å². The number of carbonyl (C=O) groups excluding carboxylic acids is 2. The van der Waals surface area contributed by atoms with Crippen molar-refractivity contribution in [1.82, 2.24) is 9.97 Å². The lowest BCUT2D eigenvalue weighted by Crippen LogP contribution is -2.47. The van der Waals surface area contributed by atoms with Gasteiger partial charge < -0.3 is 26.4 Å². The van der Waals surface area contributed by atoms with Crippen LogP contribution < -0.4 is 26.4 Å². The van der Waals surface area contributed by atoms with Crippen molar-refractivity contribution in [3.8, 4) is 5.75 Å². The van der Waals surface area contributed by atoms with E-state index in [4.69, 9.17) is 27.8 Å². The minimum absolute atomic E-state index is 0.0322. The van der Waals surface area contributed by atoms with Crippen molar-refractivity contribution in [2.45, 2.75) is 41.6 Å². The molecule has 0 unspecified atom stereocenters. The molecular formula is C21H23ClN6O3S. The lowest BCUT2D eigenvalue weighted by molar-refractivity contribution is -0.119. The second-order valence-corrected chi connectivity index (χ2v) is 9.89. The lowest BCUT2D eigenvalue weighted by Gasteiger charge is -2.41. The van der Waals surface area contributed by atoms with E-state index in [-0.39, 0.29) is 29.8 Å². The second kappa shape index (κ2) is 8.09. The highest BCUT2D eigenvalue weighted by molar-refractivity contribution is 7.99. The predicted molar refractivity (Wildman–Crippen MR) is 122 cm³/mol. The van der Waals surface area contributed by atoms with E-state index in [1.54, 1.807) is 18.3 Å². The summed E-state index contributed by atoms with van der Waals surface area (Å²) >= 11 is 7.76. The van der Waals surface area contributed by atoms with Gasteiger partial charge in [0.2, 0.25) is 0 Å². The number of nitrogens with zero attached hydrogens (tertiary/aromatic N) is 3. The van der Waals surface area contributed by atoms with Crippen LogP contribution in [0.15, 0.2) is 28.3 Å². The van der Waals surface area contributed by atoms with Crippen molar-refractivity contribution in [3.05, 3.63) is 23.4 Å². The fraction of sp³-hybridized carbons (Fsp3) is 0.429. The lowest BCUT2D eigenvalue weighted by atomic mass is 9.74. The van der Waals surface area contributed by atoms with E-state index in [9.17, 15) is 9.59 Å². The Morgan fingerprint density at radius 2 is 2.06 bits per heavy atom. The van der Waals surface area contributed by atoms with Crippen molar-refractivity contribution in [2.24, 2.45) is 11.1 Å². The molecule has 1 atom stereocenters. The number of halogens is 1. The number of rotatable bonds is 3. The van der Waals surface area contributed by atoms with E-state index in [1.807, 2.05) is 0 Å². The van der Waals surface area contributed by atoms with Crippen molar-refractivity contribution in [3.63, 3.8) is 0 Å². The molecular weight excluding hydrogens is 452 g/mol. The summed E-state index contributed by atoms with van der Waals surface area (Å²) in [6.07, 6.45) is 4.48. The number of nitrogen functional groups attached to an aromatic ring is 1. The Bertz CT molecular complexity index is 1110. The number of nitrogens with one attached hydrogen (secondary N) is 1. The number of benzene rings is 1. The Balaban J connectivity index is 1.30. The van der Waals surface area contributed by atoms with E-state index in [1.165, 1.54) is 11.8 Å². The molecule has 9 nitrogen and oxygen atoms in total. The number of Topliss-reactive ketones (excluding diaryl/α,β-unsaturated/α-hetero) is 1. The van der Waals surface area contributed by atoms with Crippen molar-refractivity contribution >= 4 is 52.4 Å². The van der Waals surface area contributed by atoms with Gasteiger partial charge in [-0.1, -0.05) is 23.4 Å². The smallest absolute Gasteiger partial charge is 0.262 e. The molecule has 1 aromatic heterocycles. The van der Waals surface area contributed by atoms with Gasteiger partial charge in [0.1, 0.15) is 28.1 Å². The number of ether oxygens (including phenoxy) is 1. The third-order valence-electron chi connectivity index (χ3n) is 6.52. The van der Waals surface area contributed by atoms with Crippen LogP contribution in [0.5, 0.6) is 5.75 Å². The summed E-state index contributed by atoms with van der Waals surface area (Å²) in [6, 6.07) is 3.50. The molecule has 11 heteroatoms. The minimum atomic E-state index is -0.253. The van der Waals surface area contributed by atoms with Crippen molar-refractivity contribution in [1.29, 1.82) is 0 Å². The molecule has 5 N–H and O–H groups in total. The Morgan fingerprint density at radius 3 is 2.75 bits per heavy atom. The quantitative estimate of drug-likeness (QED) is 0.612. The fourth-order valence-electron chi connectivity index (χ4n) is 4.68. The molecule has 1 aromatic carbocycles. The number of carbonyl (C=O) groups is 2. The van der Waals surface area contributed by atoms with Crippen LogP contribution >= 0.6 is 23.4 Å². The average molecular weight is 475 g/mol. The maximum Gasteiger partial charge on any atom is 0.262 e. The minimum Gasteiger partial charge on any atom is -0.482 e. The van der Waals surface area contributed by atoms with Gasteiger partial charge in [0.15, 0.2) is 12.4 Å². The highest BCUT2D eigenvalue weighted by Crippen LogP contribution is 2.46. The summed E-state index contributed by atoms with van der Waals surface area (Å²) in [5.41, 5.74) is 12.9. The Labute approximate surface area is 194 Å². The van der Waals surface area contributed by atoms with Crippen LogP contribution in [-0.2, 0) is 9.59 Å². The maximum absolute atomic E-state index is 11.9. The Hall–Kier alpha value is -2.56. The van der Waals surface area contributed by atoms with Gasteiger partial charge in [-0.25, -0.2) is 9.97 Å². The zero-order valence-corrected chi connectivity index (χ0v) is 18.8. The molecule has 0 bridgehead atoms. The van der Waals surface area contributed by atoms with Gasteiger partial charge in [-0.3, -0.25) is 9.59 Å². The first-order valence-electron chi connectivity index (χ1n) is 10.4. The molecule has 3 heterocycles. The van der Waals surface area contributed by atoms with Crippen LogP contribution in [-0.4, -0.2) is 47.4 Å². The van der Waals surface area contributed by atoms with Gasteiger partial charge in [-0.2, -0.15) is 0 Å². The van der Waals surface area contributed by atoms with Gasteiger partial charge in [0.05, 0.1) is 11.2 Å². The van der Waals surface area contributed by atoms with Gasteiger partial charge in [0, 0.05) is 36.9 Å². The molecule has 1 aliphatic carbocycles. The Morgan fingerprint density at radius 1 is 1.28 bits per heavy atom. The monoisotopic (exact) mass is 474 g/mol. The summed E-state index contributed by atoms with van der Waals surface area (Å²) in [4.78, 5) is 35.4. The number of aromatic nitrogens is 2. The number of hydrogen-bond donors (Lipinski definition) is 3. The van der Waals surface area contributed by atoms with E-state index in [0.29, 0.717) is 50.9 Å². The summed E-state index contributed by atoms with van der Waals surface area (Å²) < 4.78 is 5.39. The van der Waals surface area contributed by atoms with Crippen LogP contribution in [0.2, 0.25) is 5.02 Å². The van der Waals surface area contributed by atoms with Gasteiger partial charge in [-0.05, 0) is 30.4 Å². The van der Waals surface area contributed by atoms with Crippen LogP contribution in [0, 0.1) is 5.41 Å². The van der Waals surface area contributed by atoms with E-state index in [0.717, 1.165) is 25.9 Å². The fourth-order valence-corrected chi connectivity index (χ4v) is 5.79. The zero-order chi connectivity index (χ0) is 22.5. The van der Waals surface area contributed by atoms with Gasteiger partial charge in [0.25, 0.3) is 5.91 Å². The maximum atomic E-state index is 11.9. The number of anilines is 3. The number of nitrogens with two attached hydrogens (primary N) is 2. The summed E-state index contributed by atoms with van der Waals surface area (Å²) in [7, 11) is 0. The van der Waals surface area contributed by atoms with Gasteiger partial charge >= 0.3 is 0 Å². The highest BCUT2D eigenvalue weighted by Gasteiger charge is 2.46. The first-order valence-corrected chi connectivity index (χ1v) is 11.6. The predicted octanol–water partition coefficient (Wildman–Crippen LogP) is 2.47. The summed E-state index contributed by atoms with van der Waals surface area (Å²) in [5.74, 6) is 1.55. The van der Waals surface area contributed by atoms with Crippen LogP contribution in [0.25, 0.3) is 0 Å². The highest BCUT2D eigenvalue weighted by atomic mass is 35.5. The largest absolute Gasteiger partial charge is 0.482 e. The van der Waals surface area contributed by atoms with Crippen molar-refractivity contribution < 1.29 is 14.3 Å². The Kier molecular flexibility index (Phi) is 5.39. The zero-order valence-electron chi connectivity index (χ0n) is 17.3. The third-order valence-corrected chi connectivity index (χ3v) is 8.09. The standard InChI is InChI=1S/C21H23ClN6O3S/c22-17-13(2-1-12-18(17)27-16(30)10-31-12)32-20-19(24)26-15(9-25-20)28-5-3-21(4-6-28)8-11(29)7-14(21)23/h1-2,9,14H,3-8,10,23H2,(H2,24,26)(H,27,30)/t14-/m0/s1. The first kappa shape index (κ1) is 21.3. The third kappa shape index (κ3) is 3.76. The molecule has 1 amide bonds. The molecule has 1 saturated carbocycles. The molecule has 2 aliphatic heterocycles. The number of amides is 1. The molecule has 1 saturated heterocycles. The summed E-state index contributed by atoms with van der Waals surface area (Å²) in [6.45, 7) is 1.49. The normalized spacial score (nSPS) is 21.9. The molecule has 0 radical (unpaired) electrons. The molecule has 3 aliphatic rings. The molecule has 2 aromatic rings. The first-order chi connectivity index (χ1) is 15.3. The number of ketones is 1. The van der Waals surface area contributed by atoms with E-state index >= 15 is 0 Å². The number of piperidine rings is 1. The topological polar surface area (TPSA) is 136 Å². The molecule has 168 valence electrons. The van der Waals surface area contributed by atoms with Crippen LogP contribution in [0.1, 0.15) is 25.7 Å². The number of fused-ring (bicyclic) bond motifs is 1. The number of hydrogen-bond acceptors (Lipinski definition) is 9. The van der Waals surface area contributed by atoms with Crippen LogP contribution in [0.4, 0.5) is 17.3 Å². The molecule has 2 fully saturated rings.